The second-order valence-corrected chi connectivity index (χ2v) is 5.60. The van der Waals surface area contributed by atoms with Crippen molar-refractivity contribution in [3.05, 3.63) is 22.8 Å². The van der Waals surface area contributed by atoms with Crippen molar-refractivity contribution < 1.29 is 0 Å². The lowest BCUT2D eigenvalue weighted by molar-refractivity contribution is 0.937. The van der Waals surface area contributed by atoms with Gasteiger partial charge in [0.1, 0.15) is 10.7 Å². The first-order chi connectivity index (χ1) is 8.20. The minimum Gasteiger partial charge on any atom is -0.246 e. The number of hydrogen-bond donors (Lipinski definition) is 0. The highest BCUT2D eigenvalue weighted by Gasteiger charge is 2.09. The maximum absolute atomic E-state index is 5.19. The number of thioether (sulfide) groups is 1. The van der Waals surface area contributed by atoms with Crippen molar-refractivity contribution in [2.45, 2.75) is 18.9 Å². The van der Waals surface area contributed by atoms with E-state index in [1.54, 1.807) is 11.3 Å². The highest BCUT2D eigenvalue weighted by atomic mass is 32.2. The summed E-state index contributed by atoms with van der Waals surface area (Å²) >= 11 is 3.15. The number of nitrogens with zero attached hydrogens (tertiary/aromatic N) is 3. The van der Waals surface area contributed by atoms with E-state index in [-0.39, 0.29) is 0 Å². The Morgan fingerprint density at radius 1 is 1.35 bits per heavy atom. The average molecular weight is 261 g/mol. The second kappa shape index (κ2) is 5.30. The molecule has 17 heavy (non-hydrogen) atoms. The molecule has 0 saturated heterocycles. The molecule has 3 nitrogen and oxygen atoms in total. The van der Waals surface area contributed by atoms with Crippen molar-refractivity contribution in [1.29, 1.82) is 0 Å². The zero-order chi connectivity index (χ0) is 12.3. The summed E-state index contributed by atoms with van der Waals surface area (Å²) in [6.45, 7) is 3.98. The molecule has 0 aliphatic carbocycles. The van der Waals surface area contributed by atoms with Crippen molar-refractivity contribution in [2.24, 2.45) is 0 Å². The third-order valence-electron chi connectivity index (χ3n) is 2.08. The summed E-state index contributed by atoms with van der Waals surface area (Å²) in [5.41, 5.74) is 1.88. The van der Waals surface area contributed by atoms with Crippen LogP contribution in [0.15, 0.2) is 17.2 Å². The van der Waals surface area contributed by atoms with Gasteiger partial charge in [0.25, 0.3) is 0 Å². The third kappa shape index (κ3) is 2.84. The fraction of sp³-hybridized carbons (Fsp3) is 0.250. The SMILES string of the molecule is C#CCSc1ccc(-c2sc(C)nc2C)nn1. The van der Waals surface area contributed by atoms with E-state index in [4.69, 9.17) is 6.42 Å². The van der Waals surface area contributed by atoms with Gasteiger partial charge in [0.05, 0.1) is 21.3 Å². The number of aryl methyl sites for hydroxylation is 2. The molecule has 0 amide bonds. The molecule has 0 saturated carbocycles. The van der Waals surface area contributed by atoms with Gasteiger partial charge in [0.15, 0.2) is 0 Å². The Bertz CT molecular complexity index is 552. The Labute approximate surface area is 109 Å². The van der Waals surface area contributed by atoms with Gasteiger partial charge in [0, 0.05) is 0 Å². The molecule has 0 unspecified atom stereocenters. The molecule has 0 bridgehead atoms. The zero-order valence-electron chi connectivity index (χ0n) is 9.60. The molecule has 0 aliphatic rings. The van der Waals surface area contributed by atoms with Gasteiger partial charge in [-0.25, -0.2) is 4.98 Å². The molecule has 0 radical (unpaired) electrons. The summed E-state index contributed by atoms with van der Waals surface area (Å²) in [5, 5.41) is 10.2. The first kappa shape index (κ1) is 12.1. The van der Waals surface area contributed by atoms with Gasteiger partial charge < -0.3 is 0 Å². The highest BCUT2D eigenvalue weighted by molar-refractivity contribution is 7.99. The van der Waals surface area contributed by atoms with E-state index in [9.17, 15) is 0 Å². The smallest absolute Gasteiger partial charge is 0.120 e. The van der Waals surface area contributed by atoms with Gasteiger partial charge in [-0.3, -0.25) is 0 Å². The second-order valence-electron chi connectivity index (χ2n) is 3.40. The van der Waals surface area contributed by atoms with Crippen LogP contribution in [-0.4, -0.2) is 20.9 Å². The summed E-state index contributed by atoms with van der Waals surface area (Å²) in [6.07, 6.45) is 5.19. The summed E-state index contributed by atoms with van der Waals surface area (Å²) in [4.78, 5) is 5.47. The highest BCUT2D eigenvalue weighted by Crippen LogP contribution is 2.28. The topological polar surface area (TPSA) is 38.7 Å². The van der Waals surface area contributed by atoms with Gasteiger partial charge in [-0.1, -0.05) is 17.7 Å². The molecule has 2 rings (SSSR count). The molecule has 0 atom stereocenters. The van der Waals surface area contributed by atoms with Crippen LogP contribution < -0.4 is 0 Å². The standard InChI is InChI=1S/C12H11N3S2/c1-4-7-16-11-6-5-10(14-15-11)12-8(2)13-9(3)17-12/h1,5-6H,7H2,2-3H3. The van der Waals surface area contributed by atoms with Crippen LogP contribution in [0.5, 0.6) is 0 Å². The van der Waals surface area contributed by atoms with E-state index in [0.717, 1.165) is 26.3 Å². The lowest BCUT2D eigenvalue weighted by Crippen LogP contribution is -1.89. The normalized spacial score (nSPS) is 10.2. The van der Waals surface area contributed by atoms with Crippen molar-refractivity contribution in [3.8, 4) is 22.9 Å². The number of terminal acetylenes is 1. The first-order valence-corrected chi connectivity index (χ1v) is 6.85. The molecule has 2 aromatic rings. The molecule has 2 heterocycles. The minimum absolute atomic E-state index is 0.618. The van der Waals surface area contributed by atoms with Crippen LogP contribution >= 0.6 is 23.1 Å². The minimum atomic E-state index is 0.618. The Balaban J connectivity index is 2.24. The fourth-order valence-electron chi connectivity index (χ4n) is 1.40. The van der Waals surface area contributed by atoms with E-state index >= 15 is 0 Å². The summed E-state index contributed by atoms with van der Waals surface area (Å²) in [6, 6.07) is 3.91. The molecule has 0 aromatic carbocycles. The zero-order valence-corrected chi connectivity index (χ0v) is 11.2. The van der Waals surface area contributed by atoms with E-state index in [1.807, 2.05) is 26.0 Å². The van der Waals surface area contributed by atoms with Crippen molar-refractivity contribution in [1.82, 2.24) is 15.2 Å². The Hall–Kier alpha value is -1.38. The maximum atomic E-state index is 5.19. The number of hydrogen-bond acceptors (Lipinski definition) is 5. The number of aromatic nitrogens is 3. The van der Waals surface area contributed by atoms with Gasteiger partial charge in [0.2, 0.25) is 0 Å². The average Bonchev–Trinajstić information content (AvgIpc) is 2.66. The van der Waals surface area contributed by atoms with Gasteiger partial charge in [-0.2, -0.15) is 0 Å². The monoisotopic (exact) mass is 261 g/mol. The molecular weight excluding hydrogens is 250 g/mol. The van der Waals surface area contributed by atoms with Crippen LogP contribution in [0.1, 0.15) is 10.7 Å². The van der Waals surface area contributed by atoms with Gasteiger partial charge >= 0.3 is 0 Å². The molecule has 2 aromatic heterocycles. The molecule has 86 valence electrons. The van der Waals surface area contributed by atoms with Crippen LogP contribution in [0, 0.1) is 26.2 Å². The third-order valence-corrected chi connectivity index (χ3v) is 4.00. The summed E-state index contributed by atoms with van der Waals surface area (Å²) in [5.74, 6) is 3.18. The Morgan fingerprint density at radius 2 is 2.18 bits per heavy atom. The van der Waals surface area contributed by atoms with Crippen LogP contribution in [0.2, 0.25) is 0 Å². The van der Waals surface area contributed by atoms with Gasteiger partial charge in [-0.05, 0) is 26.0 Å². The van der Waals surface area contributed by atoms with E-state index in [0.29, 0.717) is 5.75 Å². The van der Waals surface area contributed by atoms with Crippen molar-refractivity contribution >= 4 is 23.1 Å². The van der Waals surface area contributed by atoms with E-state index in [2.05, 4.69) is 21.1 Å². The number of rotatable bonds is 3. The summed E-state index contributed by atoms with van der Waals surface area (Å²) in [7, 11) is 0. The molecular formula is C12H11N3S2. The van der Waals surface area contributed by atoms with E-state index < -0.39 is 0 Å². The Morgan fingerprint density at radius 3 is 2.71 bits per heavy atom. The number of thiazole rings is 1. The Kier molecular flexibility index (Phi) is 3.77. The van der Waals surface area contributed by atoms with Crippen LogP contribution in [0.25, 0.3) is 10.6 Å². The van der Waals surface area contributed by atoms with Crippen LogP contribution in [0.3, 0.4) is 0 Å². The summed E-state index contributed by atoms with van der Waals surface area (Å²) < 4.78 is 0. The maximum Gasteiger partial charge on any atom is 0.120 e. The lowest BCUT2D eigenvalue weighted by Gasteiger charge is -1.98. The van der Waals surface area contributed by atoms with Gasteiger partial charge in [-0.15, -0.1) is 28.0 Å². The fourth-order valence-corrected chi connectivity index (χ4v) is 2.78. The lowest BCUT2D eigenvalue weighted by atomic mass is 10.3. The molecule has 5 heteroatoms. The largest absolute Gasteiger partial charge is 0.246 e. The first-order valence-electron chi connectivity index (χ1n) is 5.05. The van der Waals surface area contributed by atoms with Crippen LogP contribution in [-0.2, 0) is 0 Å². The molecule has 0 N–H and O–H groups in total. The van der Waals surface area contributed by atoms with Crippen molar-refractivity contribution in [3.63, 3.8) is 0 Å². The van der Waals surface area contributed by atoms with E-state index in [1.165, 1.54) is 11.8 Å². The predicted octanol–water partition coefficient (Wildman–Crippen LogP) is 2.94. The predicted molar refractivity (Wildman–Crippen MR) is 72.2 cm³/mol. The van der Waals surface area contributed by atoms with Crippen LogP contribution in [0.4, 0.5) is 0 Å². The molecule has 0 spiro atoms. The molecule has 0 aliphatic heterocycles. The quantitative estimate of drug-likeness (QED) is 0.629. The molecule has 0 fully saturated rings. The van der Waals surface area contributed by atoms with Crippen molar-refractivity contribution in [2.75, 3.05) is 5.75 Å².